The fourth-order valence-corrected chi connectivity index (χ4v) is 3.50. The lowest BCUT2D eigenvalue weighted by Gasteiger charge is -2.35. The van der Waals surface area contributed by atoms with Crippen molar-refractivity contribution in [3.8, 4) is 0 Å². The molecular formula is C20H26N2O5S. The molecule has 0 aliphatic carbocycles. The number of carboxylic acid groups (broad SMARTS) is 1. The monoisotopic (exact) mass is 406 g/mol. The van der Waals surface area contributed by atoms with E-state index in [9.17, 15) is 13.2 Å². The number of piperidine rings is 1. The van der Waals surface area contributed by atoms with E-state index in [0.29, 0.717) is 13.1 Å². The summed E-state index contributed by atoms with van der Waals surface area (Å²) in [6.45, 7) is 4.92. The van der Waals surface area contributed by atoms with Gasteiger partial charge in [-0.25, -0.2) is 4.79 Å². The molecule has 0 unspecified atom stereocenters. The summed E-state index contributed by atoms with van der Waals surface area (Å²) in [6, 6.07) is 14.2. The number of nitrogens with two attached hydrogens (primary N) is 1. The van der Waals surface area contributed by atoms with Crippen LogP contribution in [0, 0.1) is 13.8 Å². The van der Waals surface area contributed by atoms with E-state index in [0.717, 1.165) is 17.5 Å². The summed E-state index contributed by atoms with van der Waals surface area (Å²) in [4.78, 5) is 12.4. The highest BCUT2D eigenvalue weighted by atomic mass is 32.2. The molecular weight excluding hydrogens is 380 g/mol. The van der Waals surface area contributed by atoms with Crippen molar-refractivity contribution < 1.29 is 22.9 Å². The van der Waals surface area contributed by atoms with E-state index < -0.39 is 16.2 Å². The molecule has 4 N–H and O–H groups in total. The molecule has 8 heteroatoms. The van der Waals surface area contributed by atoms with E-state index >= 15 is 0 Å². The Bertz CT molecular complexity index is 895. The molecule has 0 aromatic heterocycles. The molecule has 3 rings (SSSR count). The van der Waals surface area contributed by atoms with Crippen LogP contribution in [0.5, 0.6) is 0 Å². The molecule has 1 aliphatic rings. The first kappa shape index (κ1) is 21.9. The lowest BCUT2D eigenvalue weighted by molar-refractivity contribution is 0.126. The maximum absolute atomic E-state index is 11.0. The van der Waals surface area contributed by atoms with Crippen LogP contribution in [-0.2, 0) is 10.1 Å². The quantitative estimate of drug-likeness (QED) is 0.659. The second-order valence-corrected chi connectivity index (χ2v) is 8.41. The van der Waals surface area contributed by atoms with Crippen LogP contribution in [0.25, 0.3) is 0 Å². The standard InChI is InChI=1S/C13H18N2O2.C7H8O3S/c1-9-2-4-10(5-3-9)11-8-15(13(16)17)7-6-12(11)14;1-6-2-4-7(5-3-6)11(8,9)10/h2-5,11-12H,6-8,14H2,1H3,(H,16,17);2-5H,1H3,(H,8,9,10)/t11-,12+;/m0./s1. The van der Waals surface area contributed by atoms with Crippen molar-refractivity contribution in [1.29, 1.82) is 0 Å². The number of likely N-dealkylation sites (tertiary alicyclic amines) is 1. The minimum absolute atomic E-state index is 0.0494. The Hall–Kier alpha value is -2.42. The molecule has 0 saturated carbocycles. The van der Waals surface area contributed by atoms with Crippen molar-refractivity contribution in [2.24, 2.45) is 5.73 Å². The lowest BCUT2D eigenvalue weighted by atomic mass is 9.86. The molecule has 0 bridgehead atoms. The zero-order chi connectivity index (χ0) is 20.9. The van der Waals surface area contributed by atoms with Crippen molar-refractivity contribution in [2.45, 2.75) is 37.1 Å². The Kier molecular flexibility index (Phi) is 7.17. The van der Waals surface area contributed by atoms with Gasteiger partial charge in [0.05, 0.1) is 4.90 Å². The third-order valence-corrected chi connectivity index (χ3v) is 5.63. The van der Waals surface area contributed by atoms with E-state index in [2.05, 4.69) is 0 Å². The molecule has 1 aliphatic heterocycles. The van der Waals surface area contributed by atoms with Crippen LogP contribution in [0.4, 0.5) is 4.79 Å². The van der Waals surface area contributed by atoms with E-state index in [1.165, 1.54) is 22.6 Å². The lowest BCUT2D eigenvalue weighted by Crippen LogP contribution is -2.47. The Morgan fingerprint density at radius 2 is 1.54 bits per heavy atom. The van der Waals surface area contributed by atoms with Crippen LogP contribution < -0.4 is 5.73 Å². The first-order chi connectivity index (χ1) is 13.1. The molecule has 2 atom stereocenters. The topological polar surface area (TPSA) is 121 Å². The van der Waals surface area contributed by atoms with Gasteiger partial charge >= 0.3 is 6.09 Å². The molecule has 0 spiro atoms. The van der Waals surface area contributed by atoms with Gasteiger partial charge in [-0.05, 0) is 38.0 Å². The average Bonchev–Trinajstić information content (AvgIpc) is 2.63. The molecule has 28 heavy (non-hydrogen) atoms. The van der Waals surface area contributed by atoms with Gasteiger partial charge in [0.1, 0.15) is 0 Å². The smallest absolute Gasteiger partial charge is 0.407 e. The third-order valence-electron chi connectivity index (χ3n) is 4.76. The molecule has 2 aromatic rings. The Balaban J connectivity index is 0.000000221. The van der Waals surface area contributed by atoms with Gasteiger partial charge in [0.2, 0.25) is 0 Å². The molecule has 2 aromatic carbocycles. The first-order valence-corrected chi connectivity index (χ1v) is 10.4. The van der Waals surface area contributed by atoms with Crippen LogP contribution in [0.3, 0.4) is 0 Å². The predicted octanol–water partition coefficient (Wildman–Crippen LogP) is 3.03. The summed E-state index contributed by atoms with van der Waals surface area (Å²) in [5.74, 6) is 0.112. The van der Waals surface area contributed by atoms with Gasteiger partial charge in [0.15, 0.2) is 0 Å². The number of aryl methyl sites for hydroxylation is 2. The van der Waals surface area contributed by atoms with Gasteiger partial charge in [-0.15, -0.1) is 0 Å². The minimum Gasteiger partial charge on any atom is -0.465 e. The zero-order valence-electron chi connectivity index (χ0n) is 15.9. The Labute approximate surface area is 165 Å². The van der Waals surface area contributed by atoms with Gasteiger partial charge in [-0.3, -0.25) is 4.55 Å². The highest BCUT2D eigenvalue weighted by molar-refractivity contribution is 7.85. The van der Waals surface area contributed by atoms with Crippen molar-refractivity contribution in [3.05, 3.63) is 65.2 Å². The zero-order valence-corrected chi connectivity index (χ0v) is 16.8. The van der Waals surface area contributed by atoms with Crippen molar-refractivity contribution in [1.82, 2.24) is 4.90 Å². The van der Waals surface area contributed by atoms with Gasteiger partial charge in [-0.1, -0.05) is 47.5 Å². The van der Waals surface area contributed by atoms with Crippen LogP contribution in [0.15, 0.2) is 53.4 Å². The summed E-state index contributed by atoms with van der Waals surface area (Å²) in [6.07, 6.45) is -0.126. The number of hydrogen-bond donors (Lipinski definition) is 3. The summed E-state index contributed by atoms with van der Waals surface area (Å²) < 4.78 is 29.6. The van der Waals surface area contributed by atoms with Crippen molar-refractivity contribution >= 4 is 16.2 Å². The van der Waals surface area contributed by atoms with Crippen LogP contribution in [0.1, 0.15) is 29.0 Å². The van der Waals surface area contributed by atoms with Crippen LogP contribution >= 0.6 is 0 Å². The molecule has 1 fully saturated rings. The molecule has 1 amide bonds. The normalized spacial score (nSPS) is 19.5. The van der Waals surface area contributed by atoms with Crippen molar-refractivity contribution in [3.63, 3.8) is 0 Å². The largest absolute Gasteiger partial charge is 0.465 e. The van der Waals surface area contributed by atoms with E-state index in [4.69, 9.17) is 15.4 Å². The van der Waals surface area contributed by atoms with Gasteiger partial charge in [-0.2, -0.15) is 8.42 Å². The summed E-state index contributed by atoms with van der Waals surface area (Å²) in [5, 5.41) is 9.02. The molecule has 0 radical (unpaired) electrons. The third kappa shape index (κ3) is 6.05. The summed E-state index contributed by atoms with van der Waals surface area (Å²) in [5.41, 5.74) is 9.38. The SMILES string of the molecule is Cc1ccc(S(=O)(=O)O)cc1.Cc1ccc([C@@H]2CN(C(=O)O)CC[C@H]2N)cc1. The maximum Gasteiger partial charge on any atom is 0.407 e. The predicted molar refractivity (Wildman–Crippen MR) is 107 cm³/mol. The van der Waals surface area contributed by atoms with Crippen molar-refractivity contribution in [2.75, 3.05) is 13.1 Å². The van der Waals surface area contributed by atoms with Gasteiger partial charge < -0.3 is 15.7 Å². The number of nitrogens with zero attached hydrogens (tertiary/aromatic N) is 1. The summed E-state index contributed by atoms with van der Waals surface area (Å²) in [7, 11) is -4.02. The van der Waals surface area contributed by atoms with E-state index in [1.807, 2.05) is 38.1 Å². The number of amides is 1. The Morgan fingerprint density at radius 1 is 1.04 bits per heavy atom. The number of carbonyl (C=O) groups is 1. The van der Waals surface area contributed by atoms with Crippen LogP contribution in [-0.4, -0.2) is 48.2 Å². The Morgan fingerprint density at radius 3 is 2.00 bits per heavy atom. The van der Waals surface area contributed by atoms with E-state index in [-0.39, 0.29) is 16.9 Å². The molecule has 152 valence electrons. The highest BCUT2D eigenvalue weighted by Crippen LogP contribution is 2.26. The van der Waals surface area contributed by atoms with Crippen LogP contribution in [0.2, 0.25) is 0 Å². The maximum atomic E-state index is 11.0. The fourth-order valence-electron chi connectivity index (χ4n) is 3.02. The minimum atomic E-state index is -4.02. The summed E-state index contributed by atoms with van der Waals surface area (Å²) >= 11 is 0. The molecule has 1 heterocycles. The molecule has 7 nitrogen and oxygen atoms in total. The highest BCUT2D eigenvalue weighted by Gasteiger charge is 2.30. The van der Waals surface area contributed by atoms with Gasteiger partial charge in [0.25, 0.3) is 10.1 Å². The number of benzene rings is 2. The second kappa shape index (κ2) is 9.18. The second-order valence-electron chi connectivity index (χ2n) is 6.99. The number of rotatable bonds is 2. The fraction of sp³-hybridized carbons (Fsp3) is 0.350. The van der Waals surface area contributed by atoms with E-state index in [1.54, 1.807) is 12.1 Å². The van der Waals surface area contributed by atoms with Gasteiger partial charge in [0, 0.05) is 25.0 Å². The number of hydrogen-bond acceptors (Lipinski definition) is 4. The first-order valence-electron chi connectivity index (χ1n) is 8.92. The average molecular weight is 407 g/mol. The molecule has 1 saturated heterocycles.